The van der Waals surface area contributed by atoms with Gasteiger partial charge in [0.05, 0.1) is 18.7 Å². The van der Waals surface area contributed by atoms with E-state index in [0.29, 0.717) is 19.6 Å². The Hall–Kier alpha value is -2.26. The molecule has 8 heteroatoms. The third-order valence-corrected chi connectivity index (χ3v) is 9.88. The van der Waals surface area contributed by atoms with Crippen molar-refractivity contribution in [2.75, 3.05) is 20.2 Å². The highest BCUT2D eigenvalue weighted by molar-refractivity contribution is 7.87. The van der Waals surface area contributed by atoms with Crippen LogP contribution in [0, 0.1) is 5.41 Å². The second-order valence-corrected chi connectivity index (χ2v) is 12.4. The van der Waals surface area contributed by atoms with Crippen LogP contribution in [0.2, 0.25) is 0 Å². The van der Waals surface area contributed by atoms with Crippen molar-refractivity contribution in [2.24, 2.45) is 5.41 Å². The third-order valence-electron chi connectivity index (χ3n) is 8.27. The Morgan fingerprint density at radius 1 is 1.09 bits per heavy atom. The van der Waals surface area contributed by atoms with Gasteiger partial charge in [0.1, 0.15) is 6.10 Å². The highest BCUT2D eigenvalue weighted by atomic mass is 32.2. The molecule has 2 saturated carbocycles. The second kappa shape index (κ2) is 8.69. The van der Waals surface area contributed by atoms with Gasteiger partial charge in [-0.3, -0.25) is 4.79 Å². The van der Waals surface area contributed by atoms with Crippen molar-refractivity contribution >= 4 is 16.1 Å². The van der Waals surface area contributed by atoms with E-state index in [-0.39, 0.29) is 29.4 Å². The van der Waals surface area contributed by atoms with Gasteiger partial charge in [-0.15, -0.1) is 0 Å². The number of hydrogen-bond acceptors (Lipinski definition) is 4. The maximum absolute atomic E-state index is 13.4. The number of rotatable bonds is 8. The number of carbonyl (C=O) groups is 1. The molecule has 1 unspecified atom stereocenters. The van der Waals surface area contributed by atoms with E-state index in [2.05, 4.69) is 35.1 Å². The minimum absolute atomic E-state index is 0.00369. The molecule has 2 heterocycles. The number of nitrogens with one attached hydrogen (secondary N) is 1. The van der Waals surface area contributed by atoms with Crippen LogP contribution in [0.15, 0.2) is 54.6 Å². The molecule has 2 aromatic rings. The van der Waals surface area contributed by atoms with Crippen molar-refractivity contribution in [3.8, 4) is 11.1 Å². The summed E-state index contributed by atoms with van der Waals surface area (Å²) in [5.41, 5.74) is 3.17. The van der Waals surface area contributed by atoms with Crippen LogP contribution < -0.4 is 4.72 Å². The molecular formula is C27H33N3O4S. The van der Waals surface area contributed by atoms with Crippen molar-refractivity contribution in [3.05, 3.63) is 60.2 Å². The lowest BCUT2D eigenvalue weighted by Crippen LogP contribution is -2.55. The first-order valence-corrected chi connectivity index (χ1v) is 14.1. The SMILES string of the molecule is CN(C1CC1)S(=O)(=O)N[C@@H]1[C@H](Cc2cccc(-c3ccccc3)c2)N(C(=O)C2CCO2)CC12CC2. The molecule has 7 nitrogen and oxygen atoms in total. The van der Waals surface area contributed by atoms with Crippen molar-refractivity contribution in [3.63, 3.8) is 0 Å². The Morgan fingerprint density at radius 3 is 2.43 bits per heavy atom. The lowest BCUT2D eigenvalue weighted by Gasteiger charge is -2.35. The van der Waals surface area contributed by atoms with Crippen LogP contribution in [0.3, 0.4) is 0 Å². The number of benzene rings is 2. The van der Waals surface area contributed by atoms with Gasteiger partial charge in [0.25, 0.3) is 16.1 Å². The van der Waals surface area contributed by atoms with Crippen LogP contribution in [-0.2, 0) is 26.2 Å². The summed E-state index contributed by atoms with van der Waals surface area (Å²) in [6.07, 6.45) is 4.62. The average Bonchev–Trinajstić information content (AvgIpc) is 3.74. The first-order chi connectivity index (χ1) is 16.9. The van der Waals surface area contributed by atoms with Crippen LogP contribution in [0.1, 0.15) is 37.7 Å². The summed E-state index contributed by atoms with van der Waals surface area (Å²) in [7, 11) is -1.97. The summed E-state index contributed by atoms with van der Waals surface area (Å²) in [5, 5.41) is 0. The highest BCUT2D eigenvalue weighted by Gasteiger charge is 2.62. The van der Waals surface area contributed by atoms with Gasteiger partial charge >= 0.3 is 0 Å². The summed E-state index contributed by atoms with van der Waals surface area (Å²) in [6, 6.07) is 18.1. The van der Waals surface area contributed by atoms with Crippen molar-refractivity contribution in [1.82, 2.24) is 13.9 Å². The molecule has 4 fully saturated rings. The first kappa shape index (κ1) is 23.2. The molecule has 2 aliphatic carbocycles. The molecule has 2 saturated heterocycles. The maximum atomic E-state index is 13.4. The molecule has 186 valence electrons. The van der Waals surface area contributed by atoms with E-state index in [1.165, 1.54) is 4.31 Å². The fourth-order valence-corrected chi connectivity index (χ4v) is 7.19. The molecule has 0 aromatic heterocycles. The van der Waals surface area contributed by atoms with Gasteiger partial charge in [0.15, 0.2) is 0 Å². The molecule has 2 aromatic carbocycles. The number of likely N-dealkylation sites (tertiary alicyclic amines) is 1. The zero-order valence-electron chi connectivity index (χ0n) is 20.1. The Kier molecular flexibility index (Phi) is 5.75. The largest absolute Gasteiger partial charge is 0.368 e. The predicted molar refractivity (Wildman–Crippen MR) is 134 cm³/mol. The number of carbonyl (C=O) groups excluding carboxylic acids is 1. The summed E-state index contributed by atoms with van der Waals surface area (Å²) in [4.78, 5) is 15.3. The van der Waals surface area contributed by atoms with Gasteiger partial charge in [-0.25, -0.2) is 0 Å². The molecule has 6 rings (SSSR count). The van der Waals surface area contributed by atoms with Crippen molar-refractivity contribution in [1.29, 1.82) is 0 Å². The molecule has 0 bridgehead atoms. The van der Waals surface area contributed by atoms with E-state index >= 15 is 0 Å². The van der Waals surface area contributed by atoms with Crippen LogP contribution in [-0.4, -0.2) is 68.0 Å². The maximum Gasteiger partial charge on any atom is 0.279 e. The minimum atomic E-state index is -3.63. The molecule has 1 spiro atoms. The Morgan fingerprint density at radius 2 is 1.80 bits per heavy atom. The topological polar surface area (TPSA) is 79.0 Å². The lowest BCUT2D eigenvalue weighted by molar-refractivity contribution is -0.157. The number of ether oxygens (including phenoxy) is 1. The summed E-state index contributed by atoms with van der Waals surface area (Å²) >= 11 is 0. The van der Waals surface area contributed by atoms with Gasteiger partial charge in [-0.2, -0.15) is 17.4 Å². The monoisotopic (exact) mass is 495 g/mol. The fourth-order valence-electron chi connectivity index (χ4n) is 5.69. The summed E-state index contributed by atoms with van der Waals surface area (Å²) in [6.45, 7) is 1.20. The molecule has 1 N–H and O–H groups in total. The van der Waals surface area contributed by atoms with Crippen molar-refractivity contribution in [2.45, 2.75) is 62.8 Å². The van der Waals surface area contributed by atoms with E-state index in [0.717, 1.165) is 48.8 Å². The summed E-state index contributed by atoms with van der Waals surface area (Å²) in [5.74, 6) is 0.00369. The lowest BCUT2D eigenvalue weighted by atomic mass is 9.91. The van der Waals surface area contributed by atoms with Gasteiger partial charge in [-0.1, -0.05) is 54.6 Å². The molecular weight excluding hydrogens is 462 g/mol. The van der Waals surface area contributed by atoms with Gasteiger partial charge in [0.2, 0.25) is 0 Å². The van der Waals surface area contributed by atoms with E-state index in [1.54, 1.807) is 7.05 Å². The summed E-state index contributed by atoms with van der Waals surface area (Å²) < 4.78 is 36.7. The van der Waals surface area contributed by atoms with Crippen LogP contribution in [0.5, 0.6) is 0 Å². The van der Waals surface area contributed by atoms with Crippen LogP contribution >= 0.6 is 0 Å². The fraction of sp³-hybridized carbons (Fsp3) is 0.519. The Bertz CT molecular complexity index is 1210. The molecule has 3 atom stereocenters. The van der Waals surface area contributed by atoms with E-state index in [1.807, 2.05) is 29.2 Å². The van der Waals surface area contributed by atoms with Crippen molar-refractivity contribution < 1.29 is 17.9 Å². The quantitative estimate of drug-likeness (QED) is 0.611. The smallest absolute Gasteiger partial charge is 0.279 e. The third kappa shape index (κ3) is 4.42. The number of nitrogens with zero attached hydrogens (tertiary/aromatic N) is 2. The first-order valence-electron chi connectivity index (χ1n) is 12.7. The Balaban J connectivity index is 1.31. The normalized spacial score (nSPS) is 27.3. The van der Waals surface area contributed by atoms with E-state index in [9.17, 15) is 13.2 Å². The molecule has 2 aliphatic heterocycles. The second-order valence-electron chi connectivity index (χ2n) is 10.7. The van der Waals surface area contributed by atoms with Crippen LogP contribution in [0.25, 0.3) is 11.1 Å². The average molecular weight is 496 g/mol. The minimum Gasteiger partial charge on any atom is -0.368 e. The Labute approximate surface area is 207 Å². The zero-order valence-corrected chi connectivity index (χ0v) is 20.9. The van der Waals surface area contributed by atoms with Gasteiger partial charge < -0.3 is 9.64 Å². The molecule has 1 amide bonds. The number of amides is 1. The zero-order chi connectivity index (χ0) is 24.2. The van der Waals surface area contributed by atoms with Crippen LogP contribution in [0.4, 0.5) is 0 Å². The molecule has 35 heavy (non-hydrogen) atoms. The molecule has 4 aliphatic rings. The highest BCUT2D eigenvalue weighted by Crippen LogP contribution is 2.56. The van der Waals surface area contributed by atoms with Gasteiger partial charge in [-0.05, 0) is 48.8 Å². The van der Waals surface area contributed by atoms with E-state index < -0.39 is 16.3 Å². The van der Waals surface area contributed by atoms with E-state index in [4.69, 9.17) is 4.74 Å². The molecule has 0 radical (unpaired) electrons. The predicted octanol–water partition coefficient (Wildman–Crippen LogP) is 2.97. The van der Waals surface area contributed by atoms with Gasteiger partial charge in [0, 0.05) is 31.5 Å². The standard InChI is InChI=1S/C27H33N3O4S/c1-29(22-10-11-22)35(32,33)28-25-23(30(18-27(25)13-14-27)26(31)24-12-15-34-24)17-19-6-5-9-21(16-19)20-7-3-2-4-8-20/h2-9,16,22-25,28H,10-15,17-18H2,1H3/t23-,24?,25+/m0/s1. The number of hydrogen-bond donors (Lipinski definition) is 1.